The molecule has 0 saturated carbocycles. The molecule has 1 atom stereocenters. The van der Waals surface area contributed by atoms with Gasteiger partial charge in [-0.3, -0.25) is 4.52 Å². The summed E-state index contributed by atoms with van der Waals surface area (Å²) in [6.07, 6.45) is 0.544. The van der Waals surface area contributed by atoms with Crippen LogP contribution in [0.4, 0.5) is 0 Å². The van der Waals surface area contributed by atoms with Crippen molar-refractivity contribution in [3.8, 4) is 0 Å². The molecular weight excluding hydrogens is 182 g/mol. The van der Waals surface area contributed by atoms with Crippen LogP contribution in [0.2, 0.25) is 6.32 Å². The maximum absolute atomic E-state index is 10.2. The highest BCUT2D eigenvalue weighted by molar-refractivity contribution is 7.46. The molecule has 0 aromatic rings. The topological polar surface area (TPSA) is 76.0 Å². The SMILES string of the molecule is [B]CCC(COP(=O)(O)O)OC. The monoisotopic (exact) mass is 194 g/mol. The number of rotatable bonds is 6. The van der Waals surface area contributed by atoms with E-state index in [9.17, 15) is 4.57 Å². The lowest BCUT2D eigenvalue weighted by molar-refractivity contribution is 0.0434. The highest BCUT2D eigenvalue weighted by atomic mass is 31.2. The lowest BCUT2D eigenvalue weighted by Gasteiger charge is -2.14. The summed E-state index contributed by atoms with van der Waals surface area (Å²) in [5.74, 6) is 0. The Morgan fingerprint density at radius 1 is 1.58 bits per heavy atom. The predicted molar refractivity (Wildman–Crippen MR) is 44.0 cm³/mol. The highest BCUT2D eigenvalue weighted by Gasteiger charge is 2.17. The van der Waals surface area contributed by atoms with Gasteiger partial charge in [0.05, 0.1) is 20.6 Å². The van der Waals surface area contributed by atoms with Gasteiger partial charge in [0.15, 0.2) is 0 Å². The van der Waals surface area contributed by atoms with E-state index in [2.05, 4.69) is 4.52 Å². The van der Waals surface area contributed by atoms with Gasteiger partial charge in [-0.15, -0.1) is 0 Å². The van der Waals surface area contributed by atoms with Gasteiger partial charge in [-0.25, -0.2) is 4.57 Å². The maximum atomic E-state index is 10.2. The summed E-state index contributed by atoms with van der Waals surface area (Å²) in [5.41, 5.74) is 0. The highest BCUT2D eigenvalue weighted by Crippen LogP contribution is 2.35. The summed E-state index contributed by atoms with van der Waals surface area (Å²) in [5, 5.41) is 0. The molecule has 0 aromatic heterocycles. The molecule has 2 N–H and O–H groups in total. The molecule has 0 fully saturated rings. The summed E-state index contributed by atoms with van der Waals surface area (Å²) in [6.45, 7) is -0.141. The first kappa shape index (κ1) is 12.1. The van der Waals surface area contributed by atoms with Crippen molar-refractivity contribution in [1.82, 2.24) is 0 Å². The summed E-state index contributed by atoms with van der Waals surface area (Å²) in [4.78, 5) is 16.7. The molecule has 0 aliphatic heterocycles. The van der Waals surface area contributed by atoms with Crippen LogP contribution in [0.15, 0.2) is 0 Å². The fourth-order valence-electron chi connectivity index (χ4n) is 0.635. The minimum atomic E-state index is -4.38. The molecule has 1 unspecified atom stereocenters. The van der Waals surface area contributed by atoms with Crippen LogP contribution in [0.5, 0.6) is 0 Å². The normalized spacial score (nSPS) is 14.6. The van der Waals surface area contributed by atoms with Crippen LogP contribution in [0, 0.1) is 0 Å². The third-order valence-corrected chi connectivity index (χ3v) is 1.74. The maximum Gasteiger partial charge on any atom is 0.469 e. The zero-order chi connectivity index (χ0) is 9.61. The van der Waals surface area contributed by atoms with E-state index in [0.29, 0.717) is 12.7 Å². The van der Waals surface area contributed by atoms with E-state index in [1.54, 1.807) is 0 Å². The van der Waals surface area contributed by atoms with Gasteiger partial charge in [0, 0.05) is 7.11 Å². The Morgan fingerprint density at radius 3 is 2.50 bits per heavy atom. The molecule has 2 radical (unpaired) electrons. The van der Waals surface area contributed by atoms with E-state index >= 15 is 0 Å². The lowest BCUT2D eigenvalue weighted by atomic mass is 9.99. The van der Waals surface area contributed by atoms with Crippen molar-refractivity contribution in [3.05, 3.63) is 0 Å². The molecule has 0 amide bonds. The van der Waals surface area contributed by atoms with E-state index in [1.165, 1.54) is 7.11 Å². The number of phosphoric ester groups is 1. The average molecular weight is 194 g/mol. The Balaban J connectivity index is 3.65. The van der Waals surface area contributed by atoms with Gasteiger partial charge < -0.3 is 14.5 Å². The Morgan fingerprint density at radius 2 is 2.17 bits per heavy atom. The van der Waals surface area contributed by atoms with Gasteiger partial charge in [-0.2, -0.15) is 0 Å². The fraction of sp³-hybridized carbons (Fsp3) is 1.00. The van der Waals surface area contributed by atoms with Crippen LogP contribution >= 0.6 is 7.82 Å². The van der Waals surface area contributed by atoms with Crippen molar-refractivity contribution >= 4 is 15.7 Å². The summed E-state index contributed by atoms with van der Waals surface area (Å²) in [7, 11) is 2.27. The molecule has 0 heterocycles. The third-order valence-electron chi connectivity index (χ3n) is 1.25. The molecule has 0 rings (SSSR count). The first-order chi connectivity index (χ1) is 5.49. The Kier molecular flexibility index (Phi) is 5.79. The molecule has 12 heavy (non-hydrogen) atoms. The van der Waals surface area contributed by atoms with Crippen LogP contribution in [0.1, 0.15) is 6.42 Å². The Hall–Kier alpha value is 0.135. The number of methoxy groups -OCH3 is 1. The molecule has 5 nitrogen and oxygen atoms in total. The second kappa shape index (κ2) is 5.72. The van der Waals surface area contributed by atoms with E-state index < -0.39 is 7.82 Å². The van der Waals surface area contributed by atoms with Gasteiger partial charge in [0.25, 0.3) is 0 Å². The van der Waals surface area contributed by atoms with E-state index in [4.69, 9.17) is 22.4 Å². The van der Waals surface area contributed by atoms with Crippen LogP contribution in [0.3, 0.4) is 0 Å². The summed E-state index contributed by atoms with van der Waals surface area (Å²) >= 11 is 0. The zero-order valence-electron chi connectivity index (χ0n) is 6.84. The molecular formula is C5H12BO5P. The van der Waals surface area contributed by atoms with Gasteiger partial charge in [-0.1, -0.05) is 6.32 Å². The second-order valence-corrected chi connectivity index (χ2v) is 3.46. The van der Waals surface area contributed by atoms with Crippen molar-refractivity contribution in [3.63, 3.8) is 0 Å². The number of hydrogen-bond donors (Lipinski definition) is 2. The first-order valence-corrected chi connectivity index (χ1v) is 4.95. The van der Waals surface area contributed by atoms with Gasteiger partial charge >= 0.3 is 7.82 Å². The third kappa shape index (κ3) is 6.82. The van der Waals surface area contributed by atoms with E-state index in [-0.39, 0.29) is 12.7 Å². The molecule has 70 valence electrons. The summed E-state index contributed by atoms with van der Waals surface area (Å²) < 4.78 is 19.3. The fourth-order valence-corrected chi connectivity index (χ4v) is 0.996. The minimum Gasteiger partial charge on any atom is -0.379 e. The van der Waals surface area contributed by atoms with Crippen molar-refractivity contribution in [2.75, 3.05) is 13.7 Å². The molecule has 7 heteroatoms. The Bertz CT molecular complexity index is 158. The van der Waals surface area contributed by atoms with E-state index in [1.807, 2.05) is 0 Å². The van der Waals surface area contributed by atoms with Gasteiger partial charge in [0.1, 0.15) is 0 Å². The van der Waals surface area contributed by atoms with Crippen molar-refractivity contribution in [1.29, 1.82) is 0 Å². The Labute approximate surface area is 72.7 Å². The standard InChI is InChI=1S/C5H12BO5P/c1-10-5(2-3-6)4-11-12(7,8)9/h5H,2-4H2,1H3,(H2,7,8,9). The van der Waals surface area contributed by atoms with Gasteiger partial charge in [-0.05, 0) is 6.42 Å². The number of hydrogen-bond acceptors (Lipinski definition) is 3. The molecule has 0 spiro atoms. The summed E-state index contributed by atoms with van der Waals surface area (Å²) in [6, 6.07) is 0. The minimum absolute atomic E-state index is 0.141. The largest absolute Gasteiger partial charge is 0.469 e. The van der Waals surface area contributed by atoms with Crippen LogP contribution in [0.25, 0.3) is 0 Å². The second-order valence-electron chi connectivity index (χ2n) is 2.22. The molecule has 0 saturated heterocycles. The van der Waals surface area contributed by atoms with Crippen molar-refractivity contribution in [2.45, 2.75) is 18.8 Å². The van der Waals surface area contributed by atoms with Crippen LogP contribution in [-0.4, -0.2) is 37.5 Å². The molecule has 0 aliphatic rings. The lowest BCUT2D eigenvalue weighted by Crippen LogP contribution is -2.17. The van der Waals surface area contributed by atoms with Crippen LogP contribution < -0.4 is 0 Å². The van der Waals surface area contributed by atoms with Crippen LogP contribution in [-0.2, 0) is 13.8 Å². The quantitative estimate of drug-likeness (QED) is 0.462. The van der Waals surface area contributed by atoms with E-state index in [0.717, 1.165) is 0 Å². The molecule has 0 bridgehead atoms. The zero-order valence-corrected chi connectivity index (χ0v) is 7.74. The number of phosphoric acid groups is 1. The smallest absolute Gasteiger partial charge is 0.379 e. The van der Waals surface area contributed by atoms with Crippen molar-refractivity contribution < 1.29 is 23.6 Å². The first-order valence-electron chi connectivity index (χ1n) is 3.42. The number of ether oxygens (including phenoxy) is 1. The average Bonchev–Trinajstić information content (AvgIpc) is 1.96. The van der Waals surface area contributed by atoms with Gasteiger partial charge in [0.2, 0.25) is 0 Å². The predicted octanol–water partition coefficient (Wildman–Crippen LogP) is 0.0876. The van der Waals surface area contributed by atoms with Crippen molar-refractivity contribution in [2.24, 2.45) is 0 Å². The molecule has 0 aromatic carbocycles. The molecule has 0 aliphatic carbocycles.